The predicted octanol–water partition coefficient (Wildman–Crippen LogP) is 3.29. The van der Waals surface area contributed by atoms with Crippen molar-refractivity contribution in [2.45, 2.75) is 45.1 Å². The highest BCUT2D eigenvalue weighted by Gasteiger charge is 2.25. The average molecular weight is 364 g/mol. The number of nitrogens with one attached hydrogen (secondary N) is 2. The molecule has 25 heavy (non-hydrogen) atoms. The summed E-state index contributed by atoms with van der Waals surface area (Å²) in [5.74, 6) is 0.0268. The van der Waals surface area contributed by atoms with Crippen LogP contribution in [0.1, 0.15) is 49.4 Å². The smallest absolute Gasteiger partial charge is 0.255 e. The molecular weight excluding hydrogens is 338 g/mol. The summed E-state index contributed by atoms with van der Waals surface area (Å²) in [7, 11) is 0. The standard InChI is InChI=1S/C19H26ClN3O2/c1-13-11-14(7-8-21-13)18(24)22-15-5-6-16(17(20)12-15)19(25)23-9-3-2-4-10-23/h5-6,12-14,21H,2-4,7-11H2,1H3,(H,22,24)/t13-,14-/m0/s1. The minimum Gasteiger partial charge on any atom is -0.339 e. The monoisotopic (exact) mass is 363 g/mol. The second-order valence-corrected chi connectivity index (χ2v) is 7.52. The van der Waals surface area contributed by atoms with E-state index in [0.717, 1.165) is 45.3 Å². The van der Waals surface area contributed by atoms with Crippen LogP contribution in [0.25, 0.3) is 0 Å². The molecule has 1 aromatic carbocycles. The van der Waals surface area contributed by atoms with E-state index in [9.17, 15) is 9.59 Å². The Morgan fingerprint density at radius 3 is 2.68 bits per heavy atom. The van der Waals surface area contributed by atoms with Gasteiger partial charge in [0.15, 0.2) is 0 Å². The van der Waals surface area contributed by atoms with Crippen molar-refractivity contribution in [2.75, 3.05) is 25.0 Å². The van der Waals surface area contributed by atoms with Gasteiger partial charge in [-0.05, 0) is 63.8 Å². The maximum atomic E-state index is 12.6. The largest absolute Gasteiger partial charge is 0.339 e. The topological polar surface area (TPSA) is 61.4 Å². The zero-order valence-electron chi connectivity index (χ0n) is 14.7. The summed E-state index contributed by atoms with van der Waals surface area (Å²) in [5, 5.41) is 6.69. The minimum atomic E-state index is -0.0187. The molecule has 2 amide bonds. The molecule has 0 unspecified atom stereocenters. The number of rotatable bonds is 3. The predicted molar refractivity (Wildman–Crippen MR) is 100 cm³/mol. The molecule has 2 aliphatic rings. The van der Waals surface area contributed by atoms with Gasteiger partial charge in [0, 0.05) is 30.7 Å². The van der Waals surface area contributed by atoms with Crippen LogP contribution in [0.4, 0.5) is 5.69 Å². The van der Waals surface area contributed by atoms with Gasteiger partial charge >= 0.3 is 0 Å². The molecule has 1 aromatic rings. The van der Waals surface area contributed by atoms with Crippen LogP contribution in [0, 0.1) is 5.92 Å². The molecule has 0 saturated carbocycles. The zero-order valence-corrected chi connectivity index (χ0v) is 15.4. The van der Waals surface area contributed by atoms with Crippen molar-refractivity contribution in [1.29, 1.82) is 0 Å². The first kappa shape index (κ1) is 18.2. The Bertz CT molecular complexity index is 644. The second-order valence-electron chi connectivity index (χ2n) is 7.11. The quantitative estimate of drug-likeness (QED) is 0.866. The number of carbonyl (C=O) groups is 2. The van der Waals surface area contributed by atoms with Crippen LogP contribution in [0.2, 0.25) is 5.02 Å². The number of hydrogen-bond acceptors (Lipinski definition) is 3. The fourth-order valence-corrected chi connectivity index (χ4v) is 3.91. The molecule has 136 valence electrons. The van der Waals surface area contributed by atoms with Crippen LogP contribution in [-0.2, 0) is 4.79 Å². The first-order chi connectivity index (χ1) is 12.0. The molecule has 2 aliphatic heterocycles. The van der Waals surface area contributed by atoms with E-state index in [2.05, 4.69) is 17.6 Å². The molecule has 6 heteroatoms. The van der Waals surface area contributed by atoms with E-state index >= 15 is 0 Å². The highest BCUT2D eigenvalue weighted by molar-refractivity contribution is 6.34. The molecule has 2 N–H and O–H groups in total. The van der Waals surface area contributed by atoms with Crippen LogP contribution in [0.5, 0.6) is 0 Å². The number of halogens is 1. The summed E-state index contributed by atoms with van der Waals surface area (Å²) in [6, 6.07) is 5.53. The fraction of sp³-hybridized carbons (Fsp3) is 0.579. The molecule has 0 aliphatic carbocycles. The van der Waals surface area contributed by atoms with Gasteiger partial charge in [-0.1, -0.05) is 11.6 Å². The number of benzene rings is 1. The van der Waals surface area contributed by atoms with Crippen LogP contribution < -0.4 is 10.6 Å². The van der Waals surface area contributed by atoms with Crippen LogP contribution >= 0.6 is 11.6 Å². The fourth-order valence-electron chi connectivity index (χ4n) is 3.65. The maximum absolute atomic E-state index is 12.6. The lowest BCUT2D eigenvalue weighted by Gasteiger charge is -2.27. The molecule has 0 radical (unpaired) electrons. The van der Waals surface area contributed by atoms with Gasteiger partial charge < -0.3 is 15.5 Å². The third kappa shape index (κ3) is 4.53. The molecule has 2 atom stereocenters. The zero-order chi connectivity index (χ0) is 17.8. The van der Waals surface area contributed by atoms with Gasteiger partial charge in [0.05, 0.1) is 10.6 Å². The highest BCUT2D eigenvalue weighted by Crippen LogP contribution is 2.25. The summed E-state index contributed by atoms with van der Waals surface area (Å²) < 4.78 is 0. The number of piperidine rings is 2. The number of hydrogen-bond donors (Lipinski definition) is 2. The van der Waals surface area contributed by atoms with Gasteiger partial charge in [-0.2, -0.15) is 0 Å². The van der Waals surface area contributed by atoms with Gasteiger partial charge in [-0.15, -0.1) is 0 Å². The number of amides is 2. The van der Waals surface area contributed by atoms with E-state index in [-0.39, 0.29) is 17.7 Å². The van der Waals surface area contributed by atoms with E-state index in [0.29, 0.717) is 22.3 Å². The Labute approximate surface area is 154 Å². The van der Waals surface area contributed by atoms with Crippen LogP contribution in [0.15, 0.2) is 18.2 Å². The van der Waals surface area contributed by atoms with Gasteiger partial charge in [0.1, 0.15) is 0 Å². The van der Waals surface area contributed by atoms with Crippen LogP contribution in [0.3, 0.4) is 0 Å². The first-order valence-electron chi connectivity index (χ1n) is 9.17. The summed E-state index contributed by atoms with van der Waals surface area (Å²) in [4.78, 5) is 26.9. The molecule has 3 rings (SSSR count). The molecule has 0 spiro atoms. The molecule has 0 aromatic heterocycles. The average Bonchev–Trinajstić information content (AvgIpc) is 2.62. The van der Waals surface area contributed by atoms with Crippen molar-refractivity contribution < 1.29 is 9.59 Å². The minimum absolute atomic E-state index is 0.0182. The van der Waals surface area contributed by atoms with E-state index in [1.54, 1.807) is 18.2 Å². The Morgan fingerprint density at radius 1 is 1.24 bits per heavy atom. The molecule has 2 heterocycles. The summed E-state index contributed by atoms with van der Waals surface area (Å²) in [5.41, 5.74) is 1.16. The van der Waals surface area contributed by atoms with Gasteiger partial charge in [0.25, 0.3) is 5.91 Å². The highest BCUT2D eigenvalue weighted by atomic mass is 35.5. The lowest BCUT2D eigenvalue weighted by atomic mass is 9.92. The molecule has 2 fully saturated rings. The number of likely N-dealkylation sites (tertiary alicyclic amines) is 1. The number of nitrogens with zero attached hydrogens (tertiary/aromatic N) is 1. The Hall–Kier alpha value is -1.59. The van der Waals surface area contributed by atoms with E-state index in [1.807, 2.05) is 4.90 Å². The summed E-state index contributed by atoms with van der Waals surface area (Å²) >= 11 is 6.33. The van der Waals surface area contributed by atoms with Crippen molar-refractivity contribution in [3.05, 3.63) is 28.8 Å². The van der Waals surface area contributed by atoms with Crippen molar-refractivity contribution in [2.24, 2.45) is 5.92 Å². The van der Waals surface area contributed by atoms with E-state index in [4.69, 9.17) is 11.6 Å². The maximum Gasteiger partial charge on any atom is 0.255 e. The van der Waals surface area contributed by atoms with Crippen LogP contribution in [-0.4, -0.2) is 42.4 Å². The summed E-state index contributed by atoms with van der Waals surface area (Å²) in [6.45, 7) is 4.55. The van der Waals surface area contributed by atoms with E-state index in [1.165, 1.54) is 6.42 Å². The summed E-state index contributed by atoms with van der Waals surface area (Å²) in [6.07, 6.45) is 4.96. The first-order valence-corrected chi connectivity index (χ1v) is 9.55. The Balaban J connectivity index is 1.65. The van der Waals surface area contributed by atoms with Gasteiger partial charge in [-0.25, -0.2) is 0 Å². The normalized spacial score (nSPS) is 24.0. The molecule has 5 nitrogen and oxygen atoms in total. The Kier molecular flexibility index (Phi) is 5.97. The lowest BCUT2D eigenvalue weighted by molar-refractivity contribution is -0.120. The van der Waals surface area contributed by atoms with Crippen molar-refractivity contribution in [3.63, 3.8) is 0 Å². The van der Waals surface area contributed by atoms with Crippen molar-refractivity contribution >= 4 is 29.1 Å². The molecule has 2 saturated heterocycles. The Morgan fingerprint density at radius 2 is 2.00 bits per heavy atom. The van der Waals surface area contributed by atoms with Crippen molar-refractivity contribution in [1.82, 2.24) is 10.2 Å². The lowest BCUT2D eigenvalue weighted by Crippen LogP contribution is -2.40. The van der Waals surface area contributed by atoms with E-state index < -0.39 is 0 Å². The third-order valence-corrected chi connectivity index (χ3v) is 5.42. The second kappa shape index (κ2) is 8.19. The molecule has 0 bridgehead atoms. The SMILES string of the molecule is C[C@H]1C[C@@H](C(=O)Nc2ccc(C(=O)N3CCCCC3)c(Cl)c2)CCN1. The number of anilines is 1. The van der Waals surface area contributed by atoms with Gasteiger partial charge in [0.2, 0.25) is 5.91 Å². The van der Waals surface area contributed by atoms with Crippen molar-refractivity contribution in [3.8, 4) is 0 Å². The van der Waals surface area contributed by atoms with Gasteiger partial charge in [-0.3, -0.25) is 9.59 Å². The number of carbonyl (C=O) groups excluding carboxylic acids is 2. The molecular formula is C19H26ClN3O2. The third-order valence-electron chi connectivity index (χ3n) is 5.10.